The Kier molecular flexibility index (Phi) is 6.12. The van der Waals surface area contributed by atoms with Gasteiger partial charge in [0, 0.05) is 29.7 Å². The van der Waals surface area contributed by atoms with Crippen LogP contribution in [0.4, 0.5) is 0 Å². The molecule has 3 rings (SSSR count). The van der Waals surface area contributed by atoms with Crippen molar-refractivity contribution < 1.29 is 14.3 Å². The van der Waals surface area contributed by atoms with Gasteiger partial charge < -0.3 is 15.0 Å². The second-order valence-electron chi connectivity index (χ2n) is 6.24. The average molecular weight is 373 g/mol. The summed E-state index contributed by atoms with van der Waals surface area (Å²) >= 11 is 5.82. The number of carbonyl (C=O) groups is 2. The maximum Gasteiger partial charge on any atom is 0.260 e. The summed E-state index contributed by atoms with van der Waals surface area (Å²) in [4.78, 5) is 26.2. The van der Waals surface area contributed by atoms with Crippen LogP contribution in [-0.2, 0) is 4.79 Å². The van der Waals surface area contributed by atoms with Crippen LogP contribution in [0.2, 0.25) is 5.02 Å². The SMILES string of the molecule is O=C(NC1CCN(C(=O)COc2ccc(Cl)cc2)CC1)c1ccccc1. The zero-order chi connectivity index (χ0) is 18.4. The third-order valence-electron chi connectivity index (χ3n) is 4.39. The van der Waals surface area contributed by atoms with Crippen molar-refractivity contribution in [2.75, 3.05) is 19.7 Å². The Bertz CT molecular complexity index is 741. The van der Waals surface area contributed by atoms with Crippen LogP contribution in [0.25, 0.3) is 0 Å². The number of nitrogens with zero attached hydrogens (tertiary/aromatic N) is 1. The van der Waals surface area contributed by atoms with Gasteiger partial charge in [-0.3, -0.25) is 9.59 Å². The van der Waals surface area contributed by atoms with E-state index in [1.807, 2.05) is 18.2 Å². The second-order valence-corrected chi connectivity index (χ2v) is 6.67. The van der Waals surface area contributed by atoms with E-state index in [0.29, 0.717) is 29.4 Å². The van der Waals surface area contributed by atoms with Crippen LogP contribution < -0.4 is 10.1 Å². The van der Waals surface area contributed by atoms with Crippen molar-refractivity contribution in [2.24, 2.45) is 0 Å². The molecule has 1 aliphatic rings. The van der Waals surface area contributed by atoms with E-state index in [1.165, 1.54) is 0 Å². The van der Waals surface area contributed by atoms with E-state index in [-0.39, 0.29) is 24.5 Å². The first-order valence-corrected chi connectivity index (χ1v) is 9.01. The zero-order valence-electron chi connectivity index (χ0n) is 14.4. The average Bonchev–Trinajstić information content (AvgIpc) is 2.68. The zero-order valence-corrected chi connectivity index (χ0v) is 15.1. The van der Waals surface area contributed by atoms with Crippen LogP contribution in [0.5, 0.6) is 5.75 Å². The van der Waals surface area contributed by atoms with Crippen LogP contribution in [0, 0.1) is 0 Å². The largest absolute Gasteiger partial charge is 0.484 e. The van der Waals surface area contributed by atoms with E-state index >= 15 is 0 Å². The molecule has 26 heavy (non-hydrogen) atoms. The Labute approximate surface area is 157 Å². The number of carbonyl (C=O) groups excluding carboxylic acids is 2. The number of ether oxygens (including phenoxy) is 1. The Hall–Kier alpha value is -2.53. The molecule has 136 valence electrons. The molecular weight excluding hydrogens is 352 g/mol. The lowest BCUT2D eigenvalue weighted by Gasteiger charge is -2.32. The monoisotopic (exact) mass is 372 g/mol. The summed E-state index contributed by atoms with van der Waals surface area (Å²) in [6.07, 6.45) is 1.48. The molecule has 0 radical (unpaired) electrons. The normalized spacial score (nSPS) is 14.7. The molecule has 2 amide bonds. The van der Waals surface area contributed by atoms with Gasteiger partial charge in [-0.2, -0.15) is 0 Å². The number of amides is 2. The van der Waals surface area contributed by atoms with Crippen molar-refractivity contribution in [3.8, 4) is 5.75 Å². The van der Waals surface area contributed by atoms with Crippen molar-refractivity contribution in [3.05, 3.63) is 65.2 Å². The number of halogens is 1. The summed E-state index contributed by atoms with van der Waals surface area (Å²) in [5.74, 6) is 0.502. The maximum atomic E-state index is 12.3. The van der Waals surface area contributed by atoms with E-state index in [2.05, 4.69) is 5.32 Å². The molecular formula is C20H21ClN2O3. The first-order valence-electron chi connectivity index (χ1n) is 8.64. The molecule has 1 N–H and O–H groups in total. The summed E-state index contributed by atoms with van der Waals surface area (Å²) in [5, 5.41) is 3.67. The van der Waals surface area contributed by atoms with Gasteiger partial charge in [0.1, 0.15) is 5.75 Å². The molecule has 0 aliphatic carbocycles. The Morgan fingerprint density at radius 3 is 2.35 bits per heavy atom. The second kappa shape index (κ2) is 8.72. The van der Waals surface area contributed by atoms with Gasteiger partial charge in [-0.1, -0.05) is 29.8 Å². The summed E-state index contributed by atoms with van der Waals surface area (Å²) in [6.45, 7) is 1.23. The molecule has 0 spiro atoms. The molecule has 1 fully saturated rings. The highest BCUT2D eigenvalue weighted by atomic mass is 35.5. The van der Waals surface area contributed by atoms with Gasteiger partial charge >= 0.3 is 0 Å². The quantitative estimate of drug-likeness (QED) is 0.877. The molecule has 0 bridgehead atoms. The van der Waals surface area contributed by atoms with Crippen LogP contribution in [0.1, 0.15) is 23.2 Å². The molecule has 0 unspecified atom stereocenters. The lowest BCUT2D eigenvalue weighted by atomic mass is 10.0. The Balaban J connectivity index is 1.42. The van der Waals surface area contributed by atoms with E-state index in [4.69, 9.17) is 16.3 Å². The number of piperidine rings is 1. The van der Waals surface area contributed by atoms with Gasteiger partial charge in [0.05, 0.1) is 0 Å². The third-order valence-corrected chi connectivity index (χ3v) is 4.65. The fourth-order valence-corrected chi connectivity index (χ4v) is 3.02. The van der Waals surface area contributed by atoms with Gasteiger partial charge in [0.15, 0.2) is 6.61 Å². The predicted molar refractivity (Wildman–Crippen MR) is 100 cm³/mol. The summed E-state index contributed by atoms with van der Waals surface area (Å²) in [5.41, 5.74) is 0.655. The van der Waals surface area contributed by atoms with E-state index < -0.39 is 0 Å². The maximum absolute atomic E-state index is 12.3. The highest BCUT2D eigenvalue weighted by Crippen LogP contribution is 2.16. The molecule has 2 aromatic carbocycles. The van der Waals surface area contributed by atoms with Crippen molar-refractivity contribution in [1.82, 2.24) is 10.2 Å². The van der Waals surface area contributed by atoms with E-state index in [1.54, 1.807) is 41.3 Å². The molecule has 6 heteroatoms. The lowest BCUT2D eigenvalue weighted by molar-refractivity contribution is -0.134. The number of hydrogen-bond donors (Lipinski definition) is 1. The molecule has 1 saturated heterocycles. The number of likely N-dealkylation sites (tertiary alicyclic amines) is 1. The number of benzene rings is 2. The van der Waals surface area contributed by atoms with Gasteiger partial charge in [-0.05, 0) is 49.2 Å². The van der Waals surface area contributed by atoms with Crippen molar-refractivity contribution >= 4 is 23.4 Å². The van der Waals surface area contributed by atoms with Gasteiger partial charge in [-0.15, -0.1) is 0 Å². The summed E-state index contributed by atoms with van der Waals surface area (Å²) in [7, 11) is 0. The van der Waals surface area contributed by atoms with Crippen LogP contribution in [0.15, 0.2) is 54.6 Å². The molecule has 2 aromatic rings. The van der Waals surface area contributed by atoms with Crippen molar-refractivity contribution in [3.63, 3.8) is 0 Å². The Morgan fingerprint density at radius 2 is 1.69 bits per heavy atom. The van der Waals surface area contributed by atoms with Crippen molar-refractivity contribution in [2.45, 2.75) is 18.9 Å². The lowest BCUT2D eigenvalue weighted by Crippen LogP contribution is -2.47. The highest BCUT2D eigenvalue weighted by molar-refractivity contribution is 6.30. The standard InChI is InChI=1S/C20H21ClN2O3/c21-16-6-8-18(9-7-16)26-14-19(24)23-12-10-17(11-13-23)22-20(25)15-4-2-1-3-5-15/h1-9,17H,10-14H2,(H,22,25). The summed E-state index contributed by atoms with van der Waals surface area (Å²) in [6, 6.07) is 16.2. The van der Waals surface area contributed by atoms with Crippen LogP contribution in [0.3, 0.4) is 0 Å². The minimum atomic E-state index is -0.0681. The Morgan fingerprint density at radius 1 is 1.04 bits per heavy atom. The van der Waals surface area contributed by atoms with Crippen molar-refractivity contribution in [1.29, 1.82) is 0 Å². The van der Waals surface area contributed by atoms with E-state index in [9.17, 15) is 9.59 Å². The predicted octanol–water partition coefficient (Wildman–Crippen LogP) is 3.14. The molecule has 0 aromatic heterocycles. The molecule has 0 saturated carbocycles. The van der Waals surface area contributed by atoms with Gasteiger partial charge in [-0.25, -0.2) is 0 Å². The van der Waals surface area contributed by atoms with Crippen LogP contribution in [-0.4, -0.2) is 42.5 Å². The molecule has 1 heterocycles. The first kappa shape index (κ1) is 18.3. The minimum Gasteiger partial charge on any atom is -0.484 e. The fourth-order valence-electron chi connectivity index (χ4n) is 2.90. The molecule has 5 nitrogen and oxygen atoms in total. The van der Waals surface area contributed by atoms with E-state index in [0.717, 1.165) is 12.8 Å². The number of nitrogens with one attached hydrogen (secondary N) is 1. The topological polar surface area (TPSA) is 58.6 Å². The molecule has 0 atom stereocenters. The number of hydrogen-bond acceptors (Lipinski definition) is 3. The minimum absolute atomic E-state index is 0.00265. The summed E-state index contributed by atoms with van der Waals surface area (Å²) < 4.78 is 5.51. The smallest absolute Gasteiger partial charge is 0.260 e. The molecule has 1 aliphatic heterocycles. The van der Waals surface area contributed by atoms with Gasteiger partial charge in [0.2, 0.25) is 0 Å². The number of rotatable bonds is 5. The van der Waals surface area contributed by atoms with Gasteiger partial charge in [0.25, 0.3) is 11.8 Å². The highest BCUT2D eigenvalue weighted by Gasteiger charge is 2.24. The van der Waals surface area contributed by atoms with Crippen LogP contribution >= 0.6 is 11.6 Å². The fraction of sp³-hybridized carbons (Fsp3) is 0.300. The first-order chi connectivity index (χ1) is 12.6. The third kappa shape index (κ3) is 4.99.